The molecular formula is C7H10ClO. The van der Waals surface area contributed by atoms with E-state index < -0.39 is 0 Å². The van der Waals surface area contributed by atoms with Crippen molar-refractivity contribution in [2.45, 2.75) is 19.3 Å². The fourth-order valence-corrected chi connectivity index (χ4v) is 0.879. The summed E-state index contributed by atoms with van der Waals surface area (Å²) in [5.74, 6) is 1.10. The lowest BCUT2D eigenvalue weighted by Gasteiger charge is -1.91. The van der Waals surface area contributed by atoms with E-state index >= 15 is 0 Å². The molecule has 0 aromatic carbocycles. The molecule has 51 valence electrons. The van der Waals surface area contributed by atoms with E-state index in [1.54, 1.807) is 0 Å². The summed E-state index contributed by atoms with van der Waals surface area (Å²) in [6.45, 7) is 0. The fraction of sp³-hybridized carbons (Fsp3) is 0.714. The number of halogens is 1. The molecule has 0 spiro atoms. The SMILES string of the molecule is O=C(CCl)CCC1[CH]C1. The zero-order valence-electron chi connectivity index (χ0n) is 5.27. The van der Waals surface area contributed by atoms with E-state index in [0.717, 1.165) is 12.3 Å². The number of hydrogen-bond donors (Lipinski definition) is 0. The van der Waals surface area contributed by atoms with Gasteiger partial charge in [0, 0.05) is 6.42 Å². The molecule has 0 heterocycles. The average molecular weight is 146 g/mol. The van der Waals surface area contributed by atoms with Crippen LogP contribution in [0.15, 0.2) is 0 Å². The van der Waals surface area contributed by atoms with E-state index in [2.05, 4.69) is 6.42 Å². The van der Waals surface area contributed by atoms with E-state index in [9.17, 15) is 4.79 Å². The molecule has 2 heteroatoms. The minimum Gasteiger partial charge on any atom is -0.298 e. The van der Waals surface area contributed by atoms with Gasteiger partial charge in [-0.1, -0.05) is 0 Å². The predicted molar refractivity (Wildman–Crippen MR) is 37.4 cm³/mol. The van der Waals surface area contributed by atoms with Crippen LogP contribution in [0.4, 0.5) is 0 Å². The Hall–Kier alpha value is -0.0400. The number of ketones is 1. The molecule has 1 atom stereocenters. The average Bonchev–Trinajstić information content (AvgIpc) is 2.65. The van der Waals surface area contributed by atoms with E-state index in [1.165, 1.54) is 6.42 Å². The monoisotopic (exact) mass is 145 g/mol. The van der Waals surface area contributed by atoms with E-state index in [4.69, 9.17) is 11.6 Å². The first-order valence-electron chi connectivity index (χ1n) is 3.24. The van der Waals surface area contributed by atoms with Gasteiger partial charge in [0.15, 0.2) is 0 Å². The molecule has 9 heavy (non-hydrogen) atoms. The largest absolute Gasteiger partial charge is 0.298 e. The highest BCUT2D eigenvalue weighted by Crippen LogP contribution is 2.31. The quantitative estimate of drug-likeness (QED) is 0.552. The third-order valence-electron chi connectivity index (χ3n) is 1.51. The second-order valence-corrected chi connectivity index (χ2v) is 2.71. The maximum absolute atomic E-state index is 10.6. The van der Waals surface area contributed by atoms with Crippen LogP contribution in [-0.4, -0.2) is 11.7 Å². The van der Waals surface area contributed by atoms with Crippen LogP contribution in [0.3, 0.4) is 0 Å². The van der Waals surface area contributed by atoms with Crippen LogP contribution in [0.25, 0.3) is 0 Å². The molecule has 0 saturated heterocycles. The Labute approximate surface area is 60.4 Å². The smallest absolute Gasteiger partial charge is 0.147 e. The van der Waals surface area contributed by atoms with Crippen molar-refractivity contribution in [1.29, 1.82) is 0 Å². The fourth-order valence-electron chi connectivity index (χ4n) is 0.745. The summed E-state index contributed by atoms with van der Waals surface area (Å²) < 4.78 is 0. The van der Waals surface area contributed by atoms with Gasteiger partial charge in [0.25, 0.3) is 0 Å². The molecule has 1 fully saturated rings. The molecule has 1 saturated carbocycles. The third-order valence-corrected chi connectivity index (χ3v) is 1.81. The highest BCUT2D eigenvalue weighted by molar-refractivity contribution is 6.27. The van der Waals surface area contributed by atoms with E-state index in [0.29, 0.717) is 6.42 Å². The van der Waals surface area contributed by atoms with Crippen molar-refractivity contribution in [2.24, 2.45) is 5.92 Å². The van der Waals surface area contributed by atoms with Gasteiger partial charge < -0.3 is 0 Å². The molecule has 0 amide bonds. The molecular weight excluding hydrogens is 136 g/mol. The summed E-state index contributed by atoms with van der Waals surface area (Å²) in [7, 11) is 0. The van der Waals surface area contributed by atoms with Crippen LogP contribution in [0.5, 0.6) is 0 Å². The van der Waals surface area contributed by atoms with Gasteiger partial charge in [-0.15, -0.1) is 11.6 Å². The zero-order valence-corrected chi connectivity index (χ0v) is 6.03. The second-order valence-electron chi connectivity index (χ2n) is 2.44. The lowest BCUT2D eigenvalue weighted by atomic mass is 10.2. The Morgan fingerprint density at radius 3 is 2.89 bits per heavy atom. The van der Waals surface area contributed by atoms with Crippen LogP contribution in [-0.2, 0) is 4.79 Å². The minimum atomic E-state index is 0.178. The Bertz CT molecular complexity index is 107. The molecule has 0 aliphatic heterocycles. The van der Waals surface area contributed by atoms with Gasteiger partial charge in [0.2, 0.25) is 0 Å². The van der Waals surface area contributed by atoms with Gasteiger partial charge in [-0.3, -0.25) is 4.79 Å². The summed E-state index contributed by atoms with van der Waals surface area (Å²) in [5.41, 5.74) is 0. The van der Waals surface area contributed by atoms with Crippen molar-refractivity contribution in [3.05, 3.63) is 6.42 Å². The van der Waals surface area contributed by atoms with Crippen molar-refractivity contribution in [3.8, 4) is 0 Å². The van der Waals surface area contributed by atoms with Gasteiger partial charge in [-0.05, 0) is 25.2 Å². The molecule has 1 aliphatic carbocycles. The van der Waals surface area contributed by atoms with Gasteiger partial charge >= 0.3 is 0 Å². The normalized spacial score (nSPS) is 17.9. The lowest BCUT2D eigenvalue weighted by Crippen LogP contribution is -1.98. The highest BCUT2D eigenvalue weighted by atomic mass is 35.5. The molecule has 0 aromatic rings. The van der Waals surface area contributed by atoms with Crippen molar-refractivity contribution in [1.82, 2.24) is 0 Å². The van der Waals surface area contributed by atoms with Gasteiger partial charge in [0.1, 0.15) is 5.78 Å². The number of rotatable bonds is 4. The Morgan fingerprint density at radius 2 is 2.44 bits per heavy atom. The molecule has 0 aromatic heterocycles. The molecule has 1 aliphatic rings. The first-order valence-corrected chi connectivity index (χ1v) is 3.77. The summed E-state index contributed by atoms with van der Waals surface area (Å²) in [5, 5.41) is 0. The Balaban J connectivity index is 1.96. The molecule has 1 radical (unpaired) electrons. The second kappa shape index (κ2) is 3.21. The van der Waals surface area contributed by atoms with Crippen molar-refractivity contribution < 1.29 is 4.79 Å². The lowest BCUT2D eigenvalue weighted by molar-refractivity contribution is -0.116. The summed E-state index contributed by atoms with van der Waals surface area (Å²) in [6, 6.07) is 0. The predicted octanol–water partition coefficient (Wildman–Crippen LogP) is 1.80. The zero-order chi connectivity index (χ0) is 6.69. The van der Waals surface area contributed by atoms with Crippen LogP contribution in [0, 0.1) is 12.3 Å². The number of Topliss-reactive ketones (excluding diaryl/α,β-unsaturated/α-hetero) is 1. The topological polar surface area (TPSA) is 17.1 Å². The molecule has 1 nitrogen and oxygen atoms in total. The third kappa shape index (κ3) is 2.85. The first kappa shape index (κ1) is 7.07. The highest BCUT2D eigenvalue weighted by Gasteiger charge is 2.21. The van der Waals surface area contributed by atoms with Crippen molar-refractivity contribution in [3.63, 3.8) is 0 Å². The molecule has 0 N–H and O–H groups in total. The standard InChI is InChI=1S/C7H10ClO/c8-5-7(9)4-3-6-1-2-6/h1,6H,2-5H2. The van der Waals surface area contributed by atoms with Crippen molar-refractivity contribution >= 4 is 17.4 Å². The van der Waals surface area contributed by atoms with Crippen LogP contribution in [0.1, 0.15) is 19.3 Å². The van der Waals surface area contributed by atoms with Crippen LogP contribution >= 0.6 is 11.6 Å². The molecule has 0 bridgehead atoms. The summed E-state index contributed by atoms with van der Waals surface area (Å²) >= 11 is 5.30. The number of alkyl halides is 1. The van der Waals surface area contributed by atoms with Crippen LogP contribution < -0.4 is 0 Å². The summed E-state index contributed by atoms with van der Waals surface area (Å²) in [4.78, 5) is 10.6. The van der Waals surface area contributed by atoms with Gasteiger partial charge in [-0.25, -0.2) is 0 Å². The number of carbonyl (C=O) groups is 1. The Kier molecular flexibility index (Phi) is 2.52. The molecule has 1 unspecified atom stereocenters. The summed E-state index contributed by atoms with van der Waals surface area (Å²) in [6.07, 6.45) is 5.12. The number of carbonyl (C=O) groups excluding carboxylic acids is 1. The molecule has 1 rings (SSSR count). The van der Waals surface area contributed by atoms with Gasteiger partial charge in [-0.2, -0.15) is 0 Å². The minimum absolute atomic E-state index is 0.178. The van der Waals surface area contributed by atoms with Crippen LogP contribution in [0.2, 0.25) is 0 Å². The van der Waals surface area contributed by atoms with Crippen molar-refractivity contribution in [2.75, 3.05) is 5.88 Å². The van der Waals surface area contributed by atoms with Gasteiger partial charge in [0.05, 0.1) is 5.88 Å². The maximum Gasteiger partial charge on any atom is 0.147 e. The Morgan fingerprint density at radius 1 is 1.78 bits per heavy atom. The van der Waals surface area contributed by atoms with E-state index in [1.807, 2.05) is 0 Å². The first-order chi connectivity index (χ1) is 4.33. The maximum atomic E-state index is 10.6. The van der Waals surface area contributed by atoms with E-state index in [-0.39, 0.29) is 11.7 Å². The number of hydrogen-bond acceptors (Lipinski definition) is 1.